The molecule has 0 unspecified atom stereocenters. The first-order valence-corrected chi connectivity index (χ1v) is 8.94. The zero-order valence-corrected chi connectivity index (χ0v) is 13.7. The largest absolute Gasteiger partial charge is 0.364 e. The third-order valence-corrected chi connectivity index (χ3v) is 5.17. The number of benzene rings is 2. The van der Waals surface area contributed by atoms with Crippen LogP contribution in [0, 0.1) is 0 Å². The van der Waals surface area contributed by atoms with Gasteiger partial charge in [-0.2, -0.15) is 0 Å². The van der Waals surface area contributed by atoms with E-state index in [1.54, 1.807) is 12.1 Å². The van der Waals surface area contributed by atoms with Gasteiger partial charge in [0.25, 0.3) is 0 Å². The highest BCUT2D eigenvalue weighted by Gasteiger charge is 2.27. The van der Waals surface area contributed by atoms with Crippen LogP contribution in [0.2, 0.25) is 5.02 Å². The molecule has 2 N–H and O–H groups in total. The molecule has 0 bridgehead atoms. The lowest BCUT2D eigenvalue weighted by molar-refractivity contribution is 0.597. The maximum atomic E-state index is 11.5. The highest BCUT2D eigenvalue weighted by molar-refractivity contribution is 7.89. The van der Waals surface area contributed by atoms with Gasteiger partial charge in [-0.15, -0.1) is 0 Å². The first kappa shape index (κ1) is 15.3. The van der Waals surface area contributed by atoms with E-state index in [1.165, 1.54) is 5.56 Å². The van der Waals surface area contributed by atoms with E-state index in [2.05, 4.69) is 11.8 Å². The van der Waals surface area contributed by atoms with Crippen molar-refractivity contribution in [3.63, 3.8) is 0 Å². The van der Waals surface area contributed by atoms with Crippen molar-refractivity contribution in [2.24, 2.45) is 5.14 Å². The minimum atomic E-state index is -3.66. The summed E-state index contributed by atoms with van der Waals surface area (Å²) in [6.07, 6.45) is 0.812. The Kier molecular flexibility index (Phi) is 3.89. The average molecular weight is 337 g/mol. The standard InChI is InChI=1S/C16H17ClN2O2S/c1-11-8-13-9-15(22(18,20)21)6-7-16(13)19(11)10-12-2-4-14(17)5-3-12/h2-7,9,11H,8,10H2,1H3,(H2,18,20,21)/t11-/m1/s1. The van der Waals surface area contributed by atoms with E-state index in [0.717, 1.165) is 29.2 Å². The second kappa shape index (κ2) is 5.57. The predicted molar refractivity (Wildman–Crippen MR) is 88.6 cm³/mol. The smallest absolute Gasteiger partial charge is 0.238 e. The zero-order chi connectivity index (χ0) is 15.9. The number of rotatable bonds is 3. The van der Waals surface area contributed by atoms with Gasteiger partial charge in [0.1, 0.15) is 0 Å². The van der Waals surface area contributed by atoms with Gasteiger partial charge in [0.15, 0.2) is 0 Å². The van der Waals surface area contributed by atoms with Crippen LogP contribution in [0.1, 0.15) is 18.1 Å². The fraction of sp³-hybridized carbons (Fsp3) is 0.250. The number of anilines is 1. The second-order valence-corrected chi connectivity index (χ2v) is 7.64. The van der Waals surface area contributed by atoms with Crippen molar-refractivity contribution >= 4 is 27.3 Å². The molecule has 0 saturated heterocycles. The fourth-order valence-corrected chi connectivity index (χ4v) is 3.57. The summed E-state index contributed by atoms with van der Waals surface area (Å²) in [4.78, 5) is 2.44. The van der Waals surface area contributed by atoms with Gasteiger partial charge in [-0.05, 0) is 54.8 Å². The Morgan fingerprint density at radius 3 is 2.55 bits per heavy atom. The summed E-state index contributed by atoms with van der Waals surface area (Å²) in [5.41, 5.74) is 3.25. The molecule has 116 valence electrons. The van der Waals surface area contributed by atoms with Crippen molar-refractivity contribution in [2.45, 2.75) is 30.8 Å². The molecule has 0 aliphatic carbocycles. The number of hydrogen-bond acceptors (Lipinski definition) is 3. The molecule has 0 aromatic heterocycles. The third-order valence-electron chi connectivity index (χ3n) is 4.00. The summed E-state index contributed by atoms with van der Waals surface area (Å²) in [7, 11) is -3.66. The van der Waals surface area contributed by atoms with Crippen LogP contribution in [0.25, 0.3) is 0 Å². The molecule has 1 atom stereocenters. The van der Waals surface area contributed by atoms with Gasteiger partial charge in [-0.3, -0.25) is 0 Å². The lowest BCUT2D eigenvalue weighted by atomic mass is 10.1. The molecule has 3 rings (SSSR count). The summed E-state index contributed by atoms with van der Waals surface area (Å²) in [5.74, 6) is 0. The van der Waals surface area contributed by atoms with Crippen molar-refractivity contribution in [3.05, 3.63) is 58.6 Å². The number of hydrogen-bond donors (Lipinski definition) is 1. The van der Waals surface area contributed by atoms with Crippen molar-refractivity contribution in [3.8, 4) is 0 Å². The number of fused-ring (bicyclic) bond motifs is 1. The Morgan fingerprint density at radius 1 is 1.23 bits per heavy atom. The highest BCUT2D eigenvalue weighted by Crippen LogP contribution is 2.34. The fourth-order valence-electron chi connectivity index (χ4n) is 2.88. The van der Waals surface area contributed by atoms with Gasteiger partial charge >= 0.3 is 0 Å². The van der Waals surface area contributed by atoms with Crippen LogP contribution in [0.3, 0.4) is 0 Å². The van der Waals surface area contributed by atoms with Crippen molar-refractivity contribution in [2.75, 3.05) is 4.90 Å². The first-order chi connectivity index (χ1) is 10.3. The molecular weight excluding hydrogens is 320 g/mol. The SMILES string of the molecule is C[C@@H]1Cc2cc(S(N)(=O)=O)ccc2N1Cc1ccc(Cl)cc1. The molecule has 6 heteroatoms. The molecule has 0 saturated carbocycles. The van der Waals surface area contributed by atoms with Crippen LogP contribution in [-0.2, 0) is 23.0 Å². The Hall–Kier alpha value is -1.56. The minimum Gasteiger partial charge on any atom is -0.364 e. The monoisotopic (exact) mass is 336 g/mol. The van der Waals surface area contributed by atoms with Gasteiger partial charge in [0.2, 0.25) is 10.0 Å². The predicted octanol–water partition coefficient (Wildman–Crippen LogP) is 2.94. The quantitative estimate of drug-likeness (QED) is 0.937. The topological polar surface area (TPSA) is 63.4 Å². The molecule has 0 radical (unpaired) electrons. The Bertz CT molecular complexity index is 803. The van der Waals surface area contributed by atoms with E-state index in [0.29, 0.717) is 6.04 Å². The second-order valence-electron chi connectivity index (χ2n) is 5.64. The molecule has 4 nitrogen and oxygen atoms in total. The van der Waals surface area contributed by atoms with Crippen LogP contribution in [-0.4, -0.2) is 14.5 Å². The lowest BCUT2D eigenvalue weighted by Crippen LogP contribution is -2.28. The van der Waals surface area contributed by atoms with E-state index >= 15 is 0 Å². The van der Waals surface area contributed by atoms with Crippen LogP contribution >= 0.6 is 11.6 Å². The molecular formula is C16H17ClN2O2S. The molecule has 0 fully saturated rings. The maximum absolute atomic E-state index is 11.5. The Morgan fingerprint density at radius 2 is 1.91 bits per heavy atom. The Balaban J connectivity index is 1.91. The van der Waals surface area contributed by atoms with E-state index in [4.69, 9.17) is 16.7 Å². The van der Waals surface area contributed by atoms with E-state index in [9.17, 15) is 8.42 Å². The molecule has 1 aliphatic heterocycles. The summed E-state index contributed by atoms with van der Waals surface area (Å²) in [5, 5.41) is 5.92. The van der Waals surface area contributed by atoms with Gasteiger partial charge in [0, 0.05) is 23.3 Å². The molecule has 1 heterocycles. The van der Waals surface area contributed by atoms with Gasteiger partial charge in [-0.25, -0.2) is 13.6 Å². The average Bonchev–Trinajstić information content (AvgIpc) is 2.76. The van der Waals surface area contributed by atoms with Crippen molar-refractivity contribution in [1.29, 1.82) is 0 Å². The van der Waals surface area contributed by atoms with Gasteiger partial charge in [0.05, 0.1) is 4.90 Å². The van der Waals surface area contributed by atoms with E-state index < -0.39 is 10.0 Å². The van der Waals surface area contributed by atoms with Crippen molar-refractivity contribution < 1.29 is 8.42 Å². The van der Waals surface area contributed by atoms with Crippen LogP contribution in [0.15, 0.2) is 47.4 Å². The summed E-state index contributed by atoms with van der Waals surface area (Å²) in [6.45, 7) is 2.90. The maximum Gasteiger partial charge on any atom is 0.238 e. The number of nitrogens with zero attached hydrogens (tertiary/aromatic N) is 1. The molecule has 2 aromatic rings. The molecule has 0 amide bonds. The summed E-state index contributed by atoms with van der Waals surface area (Å²) in [6, 6.07) is 13.2. The molecule has 1 aliphatic rings. The normalized spacial score (nSPS) is 17.6. The van der Waals surface area contributed by atoms with E-state index in [-0.39, 0.29) is 4.90 Å². The molecule has 2 aromatic carbocycles. The van der Waals surface area contributed by atoms with Gasteiger partial charge in [-0.1, -0.05) is 23.7 Å². The summed E-state index contributed by atoms with van der Waals surface area (Å²) >= 11 is 5.92. The van der Waals surface area contributed by atoms with Crippen LogP contribution in [0.4, 0.5) is 5.69 Å². The number of nitrogens with two attached hydrogens (primary N) is 1. The van der Waals surface area contributed by atoms with Crippen LogP contribution in [0.5, 0.6) is 0 Å². The highest BCUT2D eigenvalue weighted by atomic mass is 35.5. The first-order valence-electron chi connectivity index (χ1n) is 7.01. The summed E-state index contributed by atoms with van der Waals surface area (Å²) < 4.78 is 22.9. The van der Waals surface area contributed by atoms with Gasteiger partial charge < -0.3 is 4.90 Å². The number of halogens is 1. The molecule has 0 spiro atoms. The van der Waals surface area contributed by atoms with Crippen molar-refractivity contribution in [1.82, 2.24) is 0 Å². The number of sulfonamides is 1. The van der Waals surface area contributed by atoms with Crippen LogP contribution < -0.4 is 10.0 Å². The zero-order valence-electron chi connectivity index (χ0n) is 12.2. The number of primary sulfonamides is 1. The lowest BCUT2D eigenvalue weighted by Gasteiger charge is -2.25. The van der Waals surface area contributed by atoms with E-state index in [1.807, 2.05) is 30.3 Å². The third kappa shape index (κ3) is 2.97. The molecule has 22 heavy (non-hydrogen) atoms. The minimum absolute atomic E-state index is 0.173. The Labute approximate surface area is 135 Å².